The SMILES string of the molecule is CCCN(CCC)C(=O)CC(=O)N1CCN(C(=O)c2ccco2)CC1. The molecule has 0 unspecified atom stereocenters. The van der Waals surface area contributed by atoms with Gasteiger partial charge in [0, 0.05) is 39.3 Å². The lowest BCUT2D eigenvalue weighted by atomic mass is 10.2. The number of nitrogens with zero attached hydrogens (tertiary/aromatic N) is 3. The van der Waals surface area contributed by atoms with Gasteiger partial charge in [0.05, 0.1) is 6.26 Å². The number of amides is 3. The fourth-order valence-corrected chi connectivity index (χ4v) is 2.97. The van der Waals surface area contributed by atoms with E-state index in [1.807, 2.05) is 13.8 Å². The molecule has 1 aliphatic rings. The number of rotatable bonds is 7. The third kappa shape index (κ3) is 5.08. The highest BCUT2D eigenvalue weighted by Crippen LogP contribution is 2.11. The van der Waals surface area contributed by atoms with Crippen molar-refractivity contribution >= 4 is 17.7 Å². The maximum Gasteiger partial charge on any atom is 0.289 e. The van der Waals surface area contributed by atoms with Crippen molar-refractivity contribution in [2.24, 2.45) is 0 Å². The molecule has 0 bridgehead atoms. The predicted molar refractivity (Wildman–Crippen MR) is 93.0 cm³/mol. The Morgan fingerprint density at radius 1 is 1.04 bits per heavy atom. The highest BCUT2D eigenvalue weighted by Gasteiger charge is 2.27. The standard InChI is InChI=1S/C18H27N3O4/c1-3-7-19(8-4-2)16(22)14-17(23)20-9-11-21(12-10-20)18(24)15-6-5-13-25-15/h5-6,13H,3-4,7-12,14H2,1-2H3. The minimum atomic E-state index is -0.162. The van der Waals surface area contributed by atoms with E-state index in [2.05, 4.69) is 0 Å². The second-order valence-electron chi connectivity index (χ2n) is 6.21. The minimum Gasteiger partial charge on any atom is -0.459 e. The summed E-state index contributed by atoms with van der Waals surface area (Å²) in [6.07, 6.45) is 3.14. The zero-order valence-corrected chi connectivity index (χ0v) is 15.1. The van der Waals surface area contributed by atoms with Gasteiger partial charge in [-0.25, -0.2) is 0 Å². The van der Waals surface area contributed by atoms with Gasteiger partial charge in [0.15, 0.2) is 5.76 Å². The molecule has 0 aromatic carbocycles. The van der Waals surface area contributed by atoms with Gasteiger partial charge in [0.2, 0.25) is 11.8 Å². The summed E-state index contributed by atoms with van der Waals surface area (Å²) in [7, 11) is 0. The van der Waals surface area contributed by atoms with Gasteiger partial charge in [-0.15, -0.1) is 0 Å². The van der Waals surface area contributed by atoms with Crippen LogP contribution in [0.5, 0.6) is 0 Å². The van der Waals surface area contributed by atoms with Crippen molar-refractivity contribution in [2.45, 2.75) is 33.1 Å². The molecular weight excluding hydrogens is 322 g/mol. The van der Waals surface area contributed by atoms with Gasteiger partial charge >= 0.3 is 0 Å². The lowest BCUT2D eigenvalue weighted by Crippen LogP contribution is -2.51. The molecule has 2 heterocycles. The Morgan fingerprint density at radius 3 is 2.16 bits per heavy atom. The average Bonchev–Trinajstić information content (AvgIpc) is 3.15. The molecule has 0 N–H and O–H groups in total. The molecule has 138 valence electrons. The lowest BCUT2D eigenvalue weighted by molar-refractivity contribution is -0.141. The van der Waals surface area contributed by atoms with Crippen molar-refractivity contribution in [3.05, 3.63) is 24.2 Å². The highest BCUT2D eigenvalue weighted by atomic mass is 16.3. The Hall–Kier alpha value is -2.31. The molecule has 3 amide bonds. The maximum absolute atomic E-state index is 12.4. The summed E-state index contributed by atoms with van der Waals surface area (Å²) in [6, 6.07) is 3.31. The molecule has 0 saturated carbocycles. The normalized spacial score (nSPS) is 14.5. The van der Waals surface area contributed by atoms with Crippen molar-refractivity contribution in [2.75, 3.05) is 39.3 Å². The molecule has 1 aliphatic heterocycles. The Morgan fingerprint density at radius 2 is 1.64 bits per heavy atom. The van der Waals surface area contributed by atoms with E-state index in [1.165, 1.54) is 6.26 Å². The van der Waals surface area contributed by atoms with Crippen molar-refractivity contribution in [3.63, 3.8) is 0 Å². The molecule has 1 aromatic rings. The number of hydrogen-bond acceptors (Lipinski definition) is 4. The van der Waals surface area contributed by atoms with Crippen molar-refractivity contribution in [1.29, 1.82) is 0 Å². The van der Waals surface area contributed by atoms with Crippen LogP contribution >= 0.6 is 0 Å². The maximum atomic E-state index is 12.4. The number of piperazine rings is 1. The Kier molecular flexibility index (Phi) is 7.03. The molecule has 7 nitrogen and oxygen atoms in total. The third-order valence-corrected chi connectivity index (χ3v) is 4.29. The van der Waals surface area contributed by atoms with Gasteiger partial charge < -0.3 is 19.1 Å². The molecule has 1 fully saturated rings. The summed E-state index contributed by atoms with van der Waals surface area (Å²) in [5.74, 6) is -0.120. The zero-order chi connectivity index (χ0) is 18.2. The second kappa shape index (κ2) is 9.25. The molecule has 7 heteroatoms. The van der Waals surface area contributed by atoms with Gasteiger partial charge in [-0.1, -0.05) is 13.8 Å². The first-order valence-electron chi connectivity index (χ1n) is 8.95. The topological polar surface area (TPSA) is 74.1 Å². The van der Waals surface area contributed by atoms with E-state index in [0.717, 1.165) is 12.8 Å². The van der Waals surface area contributed by atoms with Gasteiger partial charge in [-0.2, -0.15) is 0 Å². The number of carbonyl (C=O) groups excluding carboxylic acids is 3. The molecule has 25 heavy (non-hydrogen) atoms. The molecule has 0 radical (unpaired) electrons. The van der Waals surface area contributed by atoms with Crippen LogP contribution in [0.3, 0.4) is 0 Å². The minimum absolute atomic E-state index is 0.0911. The molecule has 0 spiro atoms. The van der Waals surface area contributed by atoms with Crippen LogP contribution in [-0.2, 0) is 9.59 Å². The first kappa shape index (κ1) is 19.0. The van der Waals surface area contributed by atoms with E-state index >= 15 is 0 Å². The fraction of sp³-hybridized carbons (Fsp3) is 0.611. The van der Waals surface area contributed by atoms with Crippen LogP contribution in [0.4, 0.5) is 0 Å². The monoisotopic (exact) mass is 349 g/mol. The highest BCUT2D eigenvalue weighted by molar-refractivity contribution is 5.97. The van der Waals surface area contributed by atoms with Gasteiger partial charge in [0.1, 0.15) is 6.42 Å². The summed E-state index contributed by atoms with van der Waals surface area (Å²) in [4.78, 5) is 42.0. The summed E-state index contributed by atoms with van der Waals surface area (Å²) in [6.45, 7) is 7.21. The summed E-state index contributed by atoms with van der Waals surface area (Å²) in [5.41, 5.74) is 0. The zero-order valence-electron chi connectivity index (χ0n) is 15.1. The van der Waals surface area contributed by atoms with Crippen LogP contribution in [0.25, 0.3) is 0 Å². The Bertz CT molecular complexity index is 571. The number of furan rings is 1. The predicted octanol–water partition coefficient (Wildman–Crippen LogP) is 1.60. The van der Waals surface area contributed by atoms with Crippen LogP contribution < -0.4 is 0 Å². The molecule has 0 aliphatic carbocycles. The van der Waals surface area contributed by atoms with Gasteiger partial charge in [0.25, 0.3) is 5.91 Å². The Balaban J connectivity index is 1.82. The third-order valence-electron chi connectivity index (χ3n) is 4.29. The molecule has 0 atom stereocenters. The average molecular weight is 349 g/mol. The summed E-state index contributed by atoms with van der Waals surface area (Å²) >= 11 is 0. The van der Waals surface area contributed by atoms with Crippen LogP contribution in [0.1, 0.15) is 43.7 Å². The fourth-order valence-electron chi connectivity index (χ4n) is 2.97. The van der Waals surface area contributed by atoms with E-state index in [-0.39, 0.29) is 24.1 Å². The van der Waals surface area contributed by atoms with E-state index in [4.69, 9.17) is 4.42 Å². The smallest absolute Gasteiger partial charge is 0.289 e. The van der Waals surface area contributed by atoms with Crippen molar-refractivity contribution < 1.29 is 18.8 Å². The van der Waals surface area contributed by atoms with E-state index in [9.17, 15) is 14.4 Å². The molecular formula is C18H27N3O4. The summed E-state index contributed by atoms with van der Waals surface area (Å²) < 4.78 is 5.13. The van der Waals surface area contributed by atoms with Crippen LogP contribution in [0, 0.1) is 0 Å². The molecule has 2 rings (SSSR count). The first-order valence-corrected chi connectivity index (χ1v) is 8.95. The van der Waals surface area contributed by atoms with Gasteiger partial charge in [-0.05, 0) is 25.0 Å². The number of carbonyl (C=O) groups is 3. The number of hydrogen-bond donors (Lipinski definition) is 0. The second-order valence-corrected chi connectivity index (χ2v) is 6.21. The first-order chi connectivity index (χ1) is 12.1. The summed E-state index contributed by atoms with van der Waals surface area (Å²) in [5, 5.41) is 0. The molecule has 1 aromatic heterocycles. The van der Waals surface area contributed by atoms with Crippen molar-refractivity contribution in [3.8, 4) is 0 Å². The molecule has 1 saturated heterocycles. The van der Waals surface area contributed by atoms with Crippen molar-refractivity contribution in [1.82, 2.24) is 14.7 Å². The lowest BCUT2D eigenvalue weighted by Gasteiger charge is -2.34. The Labute approximate surface area is 148 Å². The van der Waals surface area contributed by atoms with Crippen LogP contribution in [0.2, 0.25) is 0 Å². The van der Waals surface area contributed by atoms with Crippen LogP contribution in [-0.4, -0.2) is 71.7 Å². The van der Waals surface area contributed by atoms with E-state index < -0.39 is 0 Å². The van der Waals surface area contributed by atoms with Gasteiger partial charge in [-0.3, -0.25) is 14.4 Å². The largest absolute Gasteiger partial charge is 0.459 e. The van der Waals surface area contributed by atoms with Crippen LogP contribution in [0.15, 0.2) is 22.8 Å². The van der Waals surface area contributed by atoms with E-state index in [1.54, 1.807) is 26.8 Å². The van der Waals surface area contributed by atoms with E-state index in [0.29, 0.717) is 45.0 Å². The quantitative estimate of drug-likeness (QED) is 0.701.